The summed E-state index contributed by atoms with van der Waals surface area (Å²) < 4.78 is 4.85. The van der Waals surface area contributed by atoms with Gasteiger partial charge in [-0.3, -0.25) is 9.59 Å². The molecule has 0 saturated carbocycles. The lowest BCUT2D eigenvalue weighted by molar-refractivity contribution is -0.148. The standard InChI is InChI=1S/C15H21NO3/c1-3-16(12-15(18)19-4-2)14(17)11-10-13-8-6-5-7-9-13/h5-9H,3-4,10-12H2,1-2H3. The van der Waals surface area contributed by atoms with Gasteiger partial charge in [-0.25, -0.2) is 0 Å². The Kier molecular flexibility index (Phi) is 6.64. The molecule has 1 aromatic carbocycles. The number of ether oxygens (including phenoxy) is 1. The number of rotatable bonds is 7. The highest BCUT2D eigenvalue weighted by atomic mass is 16.5. The molecule has 0 atom stereocenters. The number of benzene rings is 1. The summed E-state index contributed by atoms with van der Waals surface area (Å²) in [6.07, 6.45) is 1.11. The minimum atomic E-state index is -0.350. The molecule has 0 aliphatic heterocycles. The molecule has 104 valence electrons. The van der Waals surface area contributed by atoms with Gasteiger partial charge in [-0.2, -0.15) is 0 Å². The van der Waals surface area contributed by atoms with Gasteiger partial charge in [0.2, 0.25) is 5.91 Å². The van der Waals surface area contributed by atoms with E-state index in [4.69, 9.17) is 4.74 Å². The van der Waals surface area contributed by atoms with Gasteiger partial charge >= 0.3 is 5.97 Å². The van der Waals surface area contributed by atoms with E-state index < -0.39 is 0 Å². The van der Waals surface area contributed by atoms with Crippen molar-refractivity contribution in [1.29, 1.82) is 0 Å². The average molecular weight is 263 g/mol. The zero-order valence-electron chi connectivity index (χ0n) is 11.6. The first-order chi connectivity index (χ1) is 9.17. The predicted octanol–water partition coefficient (Wildman–Crippen LogP) is 2.03. The second-order valence-electron chi connectivity index (χ2n) is 4.20. The van der Waals surface area contributed by atoms with Crippen molar-refractivity contribution in [3.05, 3.63) is 35.9 Å². The largest absolute Gasteiger partial charge is 0.465 e. The summed E-state index contributed by atoms with van der Waals surface area (Å²) >= 11 is 0. The molecule has 0 radical (unpaired) electrons. The topological polar surface area (TPSA) is 46.6 Å². The summed E-state index contributed by atoms with van der Waals surface area (Å²) in [5, 5.41) is 0. The maximum absolute atomic E-state index is 12.0. The number of carbonyl (C=O) groups is 2. The number of amides is 1. The molecule has 4 nitrogen and oxygen atoms in total. The summed E-state index contributed by atoms with van der Waals surface area (Å²) in [6, 6.07) is 9.85. The average Bonchev–Trinajstić information content (AvgIpc) is 2.43. The van der Waals surface area contributed by atoms with E-state index in [0.717, 1.165) is 5.56 Å². The Hall–Kier alpha value is -1.84. The van der Waals surface area contributed by atoms with Crippen molar-refractivity contribution >= 4 is 11.9 Å². The van der Waals surface area contributed by atoms with Crippen molar-refractivity contribution in [3.8, 4) is 0 Å². The second-order valence-corrected chi connectivity index (χ2v) is 4.20. The summed E-state index contributed by atoms with van der Waals surface area (Å²) in [7, 11) is 0. The maximum atomic E-state index is 12.0. The van der Waals surface area contributed by atoms with E-state index in [1.165, 1.54) is 4.90 Å². The molecule has 0 bridgehead atoms. The summed E-state index contributed by atoms with van der Waals surface area (Å²) in [5.41, 5.74) is 1.13. The molecule has 1 amide bonds. The fraction of sp³-hybridized carbons (Fsp3) is 0.467. The van der Waals surface area contributed by atoms with E-state index >= 15 is 0 Å². The van der Waals surface area contributed by atoms with Crippen molar-refractivity contribution in [2.45, 2.75) is 26.7 Å². The van der Waals surface area contributed by atoms with E-state index in [-0.39, 0.29) is 18.4 Å². The number of hydrogen-bond donors (Lipinski definition) is 0. The van der Waals surface area contributed by atoms with E-state index in [9.17, 15) is 9.59 Å². The van der Waals surface area contributed by atoms with Crippen LogP contribution in [0.15, 0.2) is 30.3 Å². The van der Waals surface area contributed by atoms with Crippen molar-refractivity contribution in [2.24, 2.45) is 0 Å². The van der Waals surface area contributed by atoms with Gasteiger partial charge in [0, 0.05) is 13.0 Å². The van der Waals surface area contributed by atoms with Crippen LogP contribution in [-0.4, -0.2) is 36.5 Å². The van der Waals surface area contributed by atoms with Gasteiger partial charge in [0.25, 0.3) is 0 Å². The van der Waals surface area contributed by atoms with Crippen LogP contribution in [0.1, 0.15) is 25.8 Å². The van der Waals surface area contributed by atoms with Crippen molar-refractivity contribution in [1.82, 2.24) is 4.90 Å². The molecular weight excluding hydrogens is 242 g/mol. The Morgan fingerprint density at radius 1 is 1.16 bits per heavy atom. The van der Waals surface area contributed by atoms with Crippen LogP contribution in [0.25, 0.3) is 0 Å². The van der Waals surface area contributed by atoms with Crippen LogP contribution in [0.2, 0.25) is 0 Å². The Bertz CT molecular complexity index is 403. The van der Waals surface area contributed by atoms with Crippen LogP contribution >= 0.6 is 0 Å². The van der Waals surface area contributed by atoms with Crippen LogP contribution < -0.4 is 0 Å². The molecule has 4 heteroatoms. The van der Waals surface area contributed by atoms with Crippen LogP contribution in [-0.2, 0) is 20.7 Å². The third-order valence-electron chi connectivity index (χ3n) is 2.83. The zero-order valence-corrected chi connectivity index (χ0v) is 11.6. The first-order valence-electron chi connectivity index (χ1n) is 6.64. The minimum Gasteiger partial charge on any atom is -0.465 e. The lowest BCUT2D eigenvalue weighted by Crippen LogP contribution is -2.36. The predicted molar refractivity (Wildman–Crippen MR) is 73.7 cm³/mol. The van der Waals surface area contributed by atoms with Crippen LogP contribution in [0.3, 0.4) is 0 Å². The lowest BCUT2D eigenvalue weighted by atomic mass is 10.1. The highest BCUT2D eigenvalue weighted by Crippen LogP contribution is 2.05. The molecule has 0 aromatic heterocycles. The Morgan fingerprint density at radius 2 is 1.84 bits per heavy atom. The lowest BCUT2D eigenvalue weighted by Gasteiger charge is -2.19. The van der Waals surface area contributed by atoms with Gasteiger partial charge in [0.1, 0.15) is 6.54 Å². The molecule has 0 aliphatic rings. The van der Waals surface area contributed by atoms with Gasteiger partial charge in [0.15, 0.2) is 0 Å². The normalized spacial score (nSPS) is 10.0. The molecule has 0 fully saturated rings. The van der Waals surface area contributed by atoms with E-state index in [1.807, 2.05) is 37.3 Å². The van der Waals surface area contributed by atoms with Gasteiger partial charge in [-0.15, -0.1) is 0 Å². The fourth-order valence-electron chi connectivity index (χ4n) is 1.79. The van der Waals surface area contributed by atoms with Crippen molar-refractivity contribution < 1.29 is 14.3 Å². The Balaban J connectivity index is 2.43. The molecule has 19 heavy (non-hydrogen) atoms. The number of hydrogen-bond acceptors (Lipinski definition) is 3. The first-order valence-corrected chi connectivity index (χ1v) is 6.64. The van der Waals surface area contributed by atoms with Crippen molar-refractivity contribution in [3.63, 3.8) is 0 Å². The third kappa shape index (κ3) is 5.55. The summed E-state index contributed by atoms with van der Waals surface area (Å²) in [5.74, 6) is -0.364. The molecule has 0 heterocycles. The summed E-state index contributed by atoms with van der Waals surface area (Å²) in [6.45, 7) is 4.52. The third-order valence-corrected chi connectivity index (χ3v) is 2.83. The monoisotopic (exact) mass is 263 g/mol. The van der Waals surface area contributed by atoms with E-state index in [0.29, 0.717) is 26.0 Å². The number of likely N-dealkylation sites (N-methyl/N-ethyl adjacent to an activating group) is 1. The van der Waals surface area contributed by atoms with Crippen molar-refractivity contribution in [2.75, 3.05) is 19.7 Å². The zero-order chi connectivity index (χ0) is 14.1. The minimum absolute atomic E-state index is 0.0144. The Labute approximate surface area is 114 Å². The number of aryl methyl sites for hydroxylation is 1. The van der Waals surface area contributed by atoms with Gasteiger partial charge < -0.3 is 9.64 Å². The van der Waals surface area contributed by atoms with Crippen LogP contribution in [0.5, 0.6) is 0 Å². The second kappa shape index (κ2) is 8.29. The number of esters is 1. The maximum Gasteiger partial charge on any atom is 0.325 e. The first kappa shape index (κ1) is 15.2. The molecule has 0 saturated heterocycles. The smallest absolute Gasteiger partial charge is 0.325 e. The van der Waals surface area contributed by atoms with E-state index in [2.05, 4.69) is 0 Å². The van der Waals surface area contributed by atoms with Crippen LogP contribution in [0, 0.1) is 0 Å². The van der Waals surface area contributed by atoms with Crippen LogP contribution in [0.4, 0.5) is 0 Å². The fourth-order valence-corrected chi connectivity index (χ4v) is 1.79. The van der Waals surface area contributed by atoms with Gasteiger partial charge in [0.05, 0.1) is 6.61 Å². The number of nitrogens with zero attached hydrogens (tertiary/aromatic N) is 1. The highest BCUT2D eigenvalue weighted by molar-refractivity contribution is 5.82. The quantitative estimate of drug-likeness (QED) is 0.707. The molecule has 0 N–H and O–H groups in total. The van der Waals surface area contributed by atoms with Gasteiger partial charge in [-0.1, -0.05) is 30.3 Å². The molecule has 1 rings (SSSR count). The SMILES string of the molecule is CCOC(=O)CN(CC)C(=O)CCc1ccccc1. The molecular formula is C15H21NO3. The summed E-state index contributed by atoms with van der Waals surface area (Å²) in [4.78, 5) is 24.9. The Morgan fingerprint density at radius 3 is 2.42 bits per heavy atom. The highest BCUT2D eigenvalue weighted by Gasteiger charge is 2.15. The molecule has 0 aliphatic carbocycles. The molecule has 0 spiro atoms. The molecule has 0 unspecified atom stereocenters. The molecule has 1 aromatic rings. The van der Waals surface area contributed by atoms with Gasteiger partial charge in [-0.05, 0) is 25.8 Å². The van der Waals surface area contributed by atoms with E-state index in [1.54, 1.807) is 6.92 Å². The number of carbonyl (C=O) groups excluding carboxylic acids is 2.